The van der Waals surface area contributed by atoms with E-state index in [4.69, 9.17) is 0 Å². The van der Waals surface area contributed by atoms with Gasteiger partial charge in [-0.15, -0.1) is 12.6 Å². The Labute approximate surface area is 117 Å². The summed E-state index contributed by atoms with van der Waals surface area (Å²) in [6.45, 7) is 0.446. The fourth-order valence-electron chi connectivity index (χ4n) is 1.76. The van der Waals surface area contributed by atoms with Gasteiger partial charge in [0.2, 0.25) is 0 Å². The maximum atomic E-state index is 12.8. The van der Waals surface area contributed by atoms with Gasteiger partial charge in [-0.2, -0.15) is 0 Å². The highest BCUT2D eigenvalue weighted by Crippen LogP contribution is 2.12. The van der Waals surface area contributed by atoms with Crippen molar-refractivity contribution in [1.29, 1.82) is 0 Å². The lowest BCUT2D eigenvalue weighted by Gasteiger charge is -2.17. The minimum atomic E-state index is -0.276. The molecule has 2 rings (SSSR count). The van der Waals surface area contributed by atoms with Crippen LogP contribution in [-0.4, -0.2) is 17.9 Å². The molecule has 0 aliphatic rings. The first kappa shape index (κ1) is 13.6. The largest absolute Gasteiger partial charge is 0.337 e. The van der Waals surface area contributed by atoms with Gasteiger partial charge in [0, 0.05) is 24.1 Å². The fraction of sp³-hybridized carbons (Fsp3) is 0.133. The van der Waals surface area contributed by atoms with E-state index in [2.05, 4.69) is 12.6 Å². The molecule has 4 heteroatoms. The Bertz CT molecular complexity index is 566. The lowest BCUT2D eigenvalue weighted by Crippen LogP contribution is -2.26. The molecule has 0 saturated heterocycles. The molecule has 0 heterocycles. The van der Waals surface area contributed by atoms with E-state index in [1.807, 2.05) is 0 Å². The first-order chi connectivity index (χ1) is 9.06. The van der Waals surface area contributed by atoms with Crippen LogP contribution >= 0.6 is 12.6 Å². The van der Waals surface area contributed by atoms with E-state index in [9.17, 15) is 9.18 Å². The molecule has 0 bridgehead atoms. The molecule has 0 aromatic heterocycles. The van der Waals surface area contributed by atoms with Crippen LogP contribution in [0.25, 0.3) is 0 Å². The van der Waals surface area contributed by atoms with Gasteiger partial charge in [0.15, 0.2) is 0 Å². The van der Waals surface area contributed by atoms with Crippen LogP contribution in [0.3, 0.4) is 0 Å². The second-order valence-electron chi connectivity index (χ2n) is 4.33. The highest BCUT2D eigenvalue weighted by molar-refractivity contribution is 7.80. The van der Waals surface area contributed by atoms with Gasteiger partial charge in [-0.25, -0.2) is 4.39 Å². The van der Waals surface area contributed by atoms with Crippen LogP contribution in [-0.2, 0) is 6.54 Å². The third-order valence-electron chi connectivity index (χ3n) is 2.79. The summed E-state index contributed by atoms with van der Waals surface area (Å²) in [4.78, 5) is 14.6. The summed E-state index contributed by atoms with van der Waals surface area (Å²) in [5.41, 5.74) is 1.51. The van der Waals surface area contributed by atoms with Crippen molar-refractivity contribution in [2.75, 3.05) is 7.05 Å². The number of thiol groups is 1. The van der Waals surface area contributed by atoms with Gasteiger partial charge in [-0.05, 0) is 42.0 Å². The molecule has 98 valence electrons. The molecule has 0 aliphatic carbocycles. The van der Waals surface area contributed by atoms with Crippen LogP contribution in [0.5, 0.6) is 0 Å². The molecule has 2 aromatic rings. The summed E-state index contributed by atoms with van der Waals surface area (Å²) in [7, 11) is 1.72. The average Bonchev–Trinajstić information content (AvgIpc) is 2.41. The number of amides is 1. The minimum Gasteiger partial charge on any atom is -0.337 e. The molecular weight excluding hydrogens is 261 g/mol. The van der Waals surface area contributed by atoms with E-state index < -0.39 is 0 Å². The van der Waals surface area contributed by atoms with Crippen molar-refractivity contribution in [3.8, 4) is 0 Å². The second-order valence-corrected chi connectivity index (χ2v) is 4.85. The van der Waals surface area contributed by atoms with Crippen molar-refractivity contribution >= 4 is 18.5 Å². The Hall–Kier alpha value is -1.81. The Morgan fingerprint density at radius 2 is 1.68 bits per heavy atom. The standard InChI is InChI=1S/C15H14FNOS/c1-17(10-11-2-6-13(16)7-3-11)15(18)12-4-8-14(19)9-5-12/h2-9,19H,10H2,1H3. The average molecular weight is 275 g/mol. The predicted molar refractivity (Wildman–Crippen MR) is 75.9 cm³/mol. The topological polar surface area (TPSA) is 20.3 Å². The Morgan fingerprint density at radius 1 is 1.11 bits per heavy atom. The van der Waals surface area contributed by atoms with E-state index in [1.165, 1.54) is 12.1 Å². The number of rotatable bonds is 3. The van der Waals surface area contributed by atoms with Crippen LogP contribution in [0.2, 0.25) is 0 Å². The van der Waals surface area contributed by atoms with E-state index in [1.54, 1.807) is 48.3 Å². The number of carbonyl (C=O) groups is 1. The zero-order valence-electron chi connectivity index (χ0n) is 10.5. The molecule has 19 heavy (non-hydrogen) atoms. The van der Waals surface area contributed by atoms with Crippen LogP contribution in [0.15, 0.2) is 53.4 Å². The summed E-state index contributed by atoms with van der Waals surface area (Å²) in [6.07, 6.45) is 0. The molecule has 2 nitrogen and oxygen atoms in total. The maximum absolute atomic E-state index is 12.8. The molecule has 2 aromatic carbocycles. The second kappa shape index (κ2) is 5.89. The molecule has 1 amide bonds. The van der Waals surface area contributed by atoms with Gasteiger partial charge < -0.3 is 4.90 Å². The van der Waals surface area contributed by atoms with Gasteiger partial charge in [0.05, 0.1) is 0 Å². The van der Waals surface area contributed by atoms with E-state index in [0.717, 1.165) is 10.5 Å². The number of benzene rings is 2. The van der Waals surface area contributed by atoms with Crippen LogP contribution in [0.4, 0.5) is 4.39 Å². The predicted octanol–water partition coefficient (Wildman–Crippen LogP) is 3.39. The van der Waals surface area contributed by atoms with Crippen molar-refractivity contribution < 1.29 is 9.18 Å². The van der Waals surface area contributed by atoms with Crippen molar-refractivity contribution in [3.05, 3.63) is 65.5 Å². The molecule has 0 unspecified atom stereocenters. The van der Waals surface area contributed by atoms with Crippen LogP contribution in [0, 0.1) is 5.82 Å². The number of hydrogen-bond donors (Lipinski definition) is 1. The zero-order chi connectivity index (χ0) is 13.8. The monoisotopic (exact) mass is 275 g/mol. The summed E-state index contributed by atoms with van der Waals surface area (Å²) < 4.78 is 12.8. The fourth-order valence-corrected chi connectivity index (χ4v) is 1.91. The quantitative estimate of drug-likeness (QED) is 0.851. The van der Waals surface area contributed by atoms with Crippen LogP contribution in [0.1, 0.15) is 15.9 Å². The molecular formula is C15H14FNOS. The highest BCUT2D eigenvalue weighted by Gasteiger charge is 2.11. The Morgan fingerprint density at radius 3 is 2.26 bits per heavy atom. The van der Waals surface area contributed by atoms with Crippen molar-refractivity contribution in [3.63, 3.8) is 0 Å². The van der Waals surface area contributed by atoms with Gasteiger partial charge >= 0.3 is 0 Å². The molecule has 0 atom stereocenters. The molecule has 0 radical (unpaired) electrons. The normalized spacial score (nSPS) is 10.3. The first-order valence-electron chi connectivity index (χ1n) is 5.85. The SMILES string of the molecule is CN(Cc1ccc(F)cc1)C(=O)c1ccc(S)cc1. The summed E-state index contributed by atoms with van der Waals surface area (Å²) in [5, 5.41) is 0. The molecule has 0 fully saturated rings. The summed E-state index contributed by atoms with van der Waals surface area (Å²) in [6, 6.07) is 13.2. The zero-order valence-corrected chi connectivity index (χ0v) is 11.4. The Balaban J connectivity index is 2.07. The molecule has 0 spiro atoms. The van der Waals surface area contributed by atoms with E-state index in [0.29, 0.717) is 12.1 Å². The third-order valence-corrected chi connectivity index (χ3v) is 3.09. The number of hydrogen-bond acceptors (Lipinski definition) is 2. The summed E-state index contributed by atoms with van der Waals surface area (Å²) >= 11 is 4.18. The maximum Gasteiger partial charge on any atom is 0.253 e. The van der Waals surface area contributed by atoms with Gasteiger partial charge in [-0.1, -0.05) is 12.1 Å². The van der Waals surface area contributed by atoms with Gasteiger partial charge in [0.1, 0.15) is 5.82 Å². The molecule has 0 aliphatic heterocycles. The van der Waals surface area contributed by atoms with Gasteiger partial charge in [-0.3, -0.25) is 4.79 Å². The lowest BCUT2D eigenvalue weighted by molar-refractivity contribution is 0.0785. The number of carbonyl (C=O) groups excluding carboxylic acids is 1. The molecule has 0 N–H and O–H groups in total. The smallest absolute Gasteiger partial charge is 0.253 e. The summed E-state index contributed by atoms with van der Waals surface area (Å²) in [5.74, 6) is -0.347. The van der Waals surface area contributed by atoms with Crippen LogP contribution < -0.4 is 0 Å². The lowest BCUT2D eigenvalue weighted by atomic mass is 10.1. The van der Waals surface area contributed by atoms with E-state index >= 15 is 0 Å². The first-order valence-corrected chi connectivity index (χ1v) is 6.30. The van der Waals surface area contributed by atoms with Crippen molar-refractivity contribution in [2.45, 2.75) is 11.4 Å². The third kappa shape index (κ3) is 3.58. The Kier molecular flexibility index (Phi) is 4.22. The molecule has 0 saturated carbocycles. The highest BCUT2D eigenvalue weighted by atomic mass is 32.1. The van der Waals surface area contributed by atoms with E-state index in [-0.39, 0.29) is 11.7 Å². The van der Waals surface area contributed by atoms with Gasteiger partial charge in [0.25, 0.3) is 5.91 Å². The number of halogens is 1. The number of nitrogens with zero attached hydrogens (tertiary/aromatic N) is 1. The van der Waals surface area contributed by atoms with Crippen molar-refractivity contribution in [2.24, 2.45) is 0 Å². The van der Waals surface area contributed by atoms with Crippen molar-refractivity contribution in [1.82, 2.24) is 4.90 Å². The minimum absolute atomic E-state index is 0.0716.